The van der Waals surface area contributed by atoms with Gasteiger partial charge < -0.3 is 5.11 Å². The Morgan fingerprint density at radius 1 is 1.55 bits per heavy atom. The van der Waals surface area contributed by atoms with Gasteiger partial charge in [0.2, 0.25) is 0 Å². The third-order valence-electron chi connectivity index (χ3n) is 2.43. The molecule has 0 aliphatic heterocycles. The maximum absolute atomic E-state index is 9.64. The van der Waals surface area contributed by atoms with E-state index in [1.807, 2.05) is 0 Å². The van der Waals surface area contributed by atoms with Crippen molar-refractivity contribution >= 4 is 0 Å². The molecule has 0 aromatic rings. The van der Waals surface area contributed by atoms with Gasteiger partial charge in [-0.2, -0.15) is 0 Å². The second kappa shape index (κ2) is 3.40. The normalized spacial score (nSPS) is 32.3. The van der Waals surface area contributed by atoms with E-state index < -0.39 is 0 Å². The van der Waals surface area contributed by atoms with Crippen LogP contribution >= 0.6 is 0 Å². The van der Waals surface area contributed by atoms with Crippen LogP contribution in [-0.2, 0) is 0 Å². The lowest BCUT2D eigenvalue weighted by atomic mass is 9.84. The Kier molecular flexibility index (Phi) is 2.72. The van der Waals surface area contributed by atoms with Gasteiger partial charge in [0.1, 0.15) is 0 Å². The summed E-state index contributed by atoms with van der Waals surface area (Å²) in [4.78, 5) is 0. The van der Waals surface area contributed by atoms with Crippen molar-refractivity contribution in [2.24, 2.45) is 11.8 Å². The van der Waals surface area contributed by atoms with E-state index in [0.717, 1.165) is 12.8 Å². The van der Waals surface area contributed by atoms with Gasteiger partial charge in [-0.3, -0.25) is 0 Å². The molecule has 1 N–H and O–H groups in total. The summed E-state index contributed by atoms with van der Waals surface area (Å²) in [5, 5.41) is 9.64. The summed E-state index contributed by atoms with van der Waals surface area (Å²) in [6, 6.07) is 0. The third kappa shape index (κ3) is 2.06. The Morgan fingerprint density at radius 2 is 2.18 bits per heavy atom. The van der Waals surface area contributed by atoms with Crippen LogP contribution in [0.3, 0.4) is 0 Å². The zero-order valence-electron chi connectivity index (χ0n) is 7.67. The molecule has 0 heterocycles. The molecule has 0 unspecified atom stereocenters. The van der Waals surface area contributed by atoms with Crippen LogP contribution in [0.5, 0.6) is 0 Å². The fourth-order valence-corrected chi connectivity index (χ4v) is 1.71. The monoisotopic (exact) mass is 154 g/mol. The van der Waals surface area contributed by atoms with Gasteiger partial charge in [0, 0.05) is 0 Å². The molecule has 2 atom stereocenters. The Balaban J connectivity index is 2.65. The smallest absolute Gasteiger partial charge is 0.0755 e. The lowest BCUT2D eigenvalue weighted by Gasteiger charge is -2.26. The van der Waals surface area contributed by atoms with Crippen molar-refractivity contribution in [3.63, 3.8) is 0 Å². The standard InChI is InChI=1S/C10H18O/c1-7(2)9-5-4-8(3)6-10(9)11/h5,7-8,10-11H,4,6H2,1-3H3/t8-,10+/m0/s1. The van der Waals surface area contributed by atoms with Crippen LogP contribution in [0.15, 0.2) is 11.6 Å². The van der Waals surface area contributed by atoms with Crippen LogP contribution in [0.1, 0.15) is 33.6 Å². The molecule has 0 spiro atoms. The highest BCUT2D eigenvalue weighted by Crippen LogP contribution is 2.27. The predicted octanol–water partition coefficient (Wildman–Crippen LogP) is 2.36. The lowest BCUT2D eigenvalue weighted by molar-refractivity contribution is 0.160. The molecule has 11 heavy (non-hydrogen) atoms. The van der Waals surface area contributed by atoms with E-state index in [2.05, 4.69) is 26.8 Å². The fraction of sp³-hybridized carbons (Fsp3) is 0.800. The Hall–Kier alpha value is -0.300. The summed E-state index contributed by atoms with van der Waals surface area (Å²) in [6.07, 6.45) is 4.14. The zero-order chi connectivity index (χ0) is 8.43. The largest absolute Gasteiger partial charge is 0.389 e. The van der Waals surface area contributed by atoms with Gasteiger partial charge in [-0.1, -0.05) is 26.8 Å². The van der Waals surface area contributed by atoms with Crippen LogP contribution in [0.4, 0.5) is 0 Å². The SMILES string of the molecule is CC(C)C1=CC[C@H](C)C[C@H]1O. The van der Waals surface area contributed by atoms with Crippen molar-refractivity contribution in [1.29, 1.82) is 0 Å². The van der Waals surface area contributed by atoms with Gasteiger partial charge in [-0.25, -0.2) is 0 Å². The Bertz CT molecular complexity index is 158. The molecule has 1 heteroatoms. The first-order valence-electron chi connectivity index (χ1n) is 4.49. The molecule has 64 valence electrons. The Labute approximate surface area is 69.1 Å². The first kappa shape index (κ1) is 8.79. The van der Waals surface area contributed by atoms with Gasteiger partial charge in [-0.15, -0.1) is 0 Å². The van der Waals surface area contributed by atoms with Crippen LogP contribution in [0, 0.1) is 11.8 Å². The van der Waals surface area contributed by atoms with Gasteiger partial charge in [0.25, 0.3) is 0 Å². The lowest BCUT2D eigenvalue weighted by Crippen LogP contribution is -2.21. The first-order valence-corrected chi connectivity index (χ1v) is 4.49. The van der Waals surface area contributed by atoms with E-state index in [1.54, 1.807) is 0 Å². The number of aliphatic hydroxyl groups excluding tert-OH is 1. The summed E-state index contributed by atoms with van der Waals surface area (Å²) in [6.45, 7) is 6.48. The summed E-state index contributed by atoms with van der Waals surface area (Å²) < 4.78 is 0. The molecule has 1 nitrogen and oxygen atoms in total. The van der Waals surface area contributed by atoms with Crippen LogP contribution in [-0.4, -0.2) is 11.2 Å². The van der Waals surface area contributed by atoms with Crippen LogP contribution in [0.2, 0.25) is 0 Å². The van der Waals surface area contributed by atoms with Gasteiger partial charge in [0.05, 0.1) is 6.10 Å². The highest BCUT2D eigenvalue weighted by atomic mass is 16.3. The summed E-state index contributed by atoms with van der Waals surface area (Å²) in [5.74, 6) is 1.17. The van der Waals surface area contributed by atoms with E-state index in [-0.39, 0.29) is 6.10 Å². The highest BCUT2D eigenvalue weighted by molar-refractivity contribution is 5.13. The van der Waals surface area contributed by atoms with Crippen molar-refractivity contribution in [1.82, 2.24) is 0 Å². The average Bonchev–Trinajstić information content (AvgIpc) is 1.85. The van der Waals surface area contributed by atoms with E-state index in [9.17, 15) is 5.11 Å². The quantitative estimate of drug-likeness (QED) is 0.575. The number of rotatable bonds is 1. The highest BCUT2D eigenvalue weighted by Gasteiger charge is 2.20. The van der Waals surface area contributed by atoms with Crippen molar-refractivity contribution in [3.8, 4) is 0 Å². The van der Waals surface area contributed by atoms with E-state index in [4.69, 9.17) is 0 Å². The van der Waals surface area contributed by atoms with E-state index in [0.29, 0.717) is 11.8 Å². The summed E-state index contributed by atoms with van der Waals surface area (Å²) in [5.41, 5.74) is 1.24. The molecular formula is C10H18O. The van der Waals surface area contributed by atoms with Crippen molar-refractivity contribution < 1.29 is 5.11 Å². The third-order valence-corrected chi connectivity index (χ3v) is 2.43. The molecule has 0 fully saturated rings. The minimum atomic E-state index is -0.168. The molecule has 1 aliphatic rings. The molecule has 1 aliphatic carbocycles. The topological polar surface area (TPSA) is 20.2 Å². The van der Waals surface area contributed by atoms with Crippen molar-refractivity contribution in [2.75, 3.05) is 0 Å². The molecule has 1 rings (SSSR count). The molecule has 0 saturated carbocycles. The van der Waals surface area contributed by atoms with Crippen LogP contribution in [0.25, 0.3) is 0 Å². The van der Waals surface area contributed by atoms with Crippen molar-refractivity contribution in [2.45, 2.75) is 39.7 Å². The first-order chi connectivity index (χ1) is 5.11. The average molecular weight is 154 g/mol. The molecule has 0 saturated heterocycles. The minimum Gasteiger partial charge on any atom is -0.389 e. The van der Waals surface area contributed by atoms with Gasteiger partial charge >= 0.3 is 0 Å². The summed E-state index contributed by atoms with van der Waals surface area (Å²) in [7, 11) is 0. The Morgan fingerprint density at radius 3 is 2.64 bits per heavy atom. The molecule has 0 bridgehead atoms. The van der Waals surface area contributed by atoms with Gasteiger partial charge in [-0.05, 0) is 30.3 Å². The van der Waals surface area contributed by atoms with Crippen LogP contribution < -0.4 is 0 Å². The fourth-order valence-electron chi connectivity index (χ4n) is 1.71. The number of allylic oxidation sites excluding steroid dienone is 1. The second-order valence-corrected chi connectivity index (χ2v) is 3.95. The number of hydrogen-bond acceptors (Lipinski definition) is 1. The van der Waals surface area contributed by atoms with Gasteiger partial charge in [0.15, 0.2) is 0 Å². The predicted molar refractivity (Wildman–Crippen MR) is 47.3 cm³/mol. The second-order valence-electron chi connectivity index (χ2n) is 3.95. The van der Waals surface area contributed by atoms with E-state index in [1.165, 1.54) is 5.57 Å². The molecule has 0 radical (unpaired) electrons. The minimum absolute atomic E-state index is 0.168. The van der Waals surface area contributed by atoms with E-state index >= 15 is 0 Å². The molecular weight excluding hydrogens is 136 g/mol. The number of hydrogen-bond donors (Lipinski definition) is 1. The molecule has 0 amide bonds. The number of aliphatic hydroxyl groups is 1. The maximum Gasteiger partial charge on any atom is 0.0755 e. The molecule has 0 aromatic carbocycles. The summed E-state index contributed by atoms with van der Waals surface area (Å²) >= 11 is 0. The molecule has 0 aromatic heterocycles. The van der Waals surface area contributed by atoms with Crippen molar-refractivity contribution in [3.05, 3.63) is 11.6 Å². The maximum atomic E-state index is 9.64. The zero-order valence-corrected chi connectivity index (χ0v) is 7.67.